The van der Waals surface area contributed by atoms with Gasteiger partial charge in [0, 0.05) is 35.8 Å². The first kappa shape index (κ1) is 38.7. The highest BCUT2D eigenvalue weighted by Crippen LogP contribution is 2.60. The summed E-state index contributed by atoms with van der Waals surface area (Å²) in [6.07, 6.45) is 5.79. The van der Waals surface area contributed by atoms with E-state index in [0.717, 1.165) is 29.5 Å². The fraction of sp³-hybridized carbons (Fsp3) is 0.432. The maximum absolute atomic E-state index is 15.2. The first-order valence-corrected chi connectivity index (χ1v) is 22.4. The van der Waals surface area contributed by atoms with Gasteiger partial charge in [0.25, 0.3) is 11.8 Å². The molecule has 2 N–H and O–H groups in total. The number of carbonyl (C=O) groups is 3. The van der Waals surface area contributed by atoms with Gasteiger partial charge in [-0.2, -0.15) is 0 Å². The third kappa shape index (κ3) is 7.07. The SMILES string of the molecule is CC(C)=CCC/C(C)=C/CN1C(=O)[C@]2(O[C@H](CC(=O)N3Cc4ccccc4C[C@H]3CO)[C@@H]([Si](C)(C)O)[C@@H]2C)c2cc(N3C(=O)COc4ccccc43)ccc21. The summed E-state index contributed by atoms with van der Waals surface area (Å²) in [7, 11) is -3.10. The van der Waals surface area contributed by atoms with Crippen molar-refractivity contribution in [2.75, 3.05) is 29.6 Å². The van der Waals surface area contributed by atoms with Gasteiger partial charge in [-0.3, -0.25) is 19.3 Å². The lowest BCUT2D eigenvalue weighted by molar-refractivity contribution is -0.150. The van der Waals surface area contributed by atoms with Crippen molar-refractivity contribution in [2.45, 2.75) is 96.3 Å². The van der Waals surface area contributed by atoms with Gasteiger partial charge in [0.15, 0.2) is 20.5 Å². The van der Waals surface area contributed by atoms with Crippen LogP contribution in [0.3, 0.4) is 0 Å². The summed E-state index contributed by atoms with van der Waals surface area (Å²) >= 11 is 0. The molecule has 1 fully saturated rings. The lowest BCUT2D eigenvalue weighted by Crippen LogP contribution is -2.48. The van der Waals surface area contributed by atoms with E-state index in [-0.39, 0.29) is 43.4 Å². The molecule has 5 atom stereocenters. The number of hydrogen-bond acceptors (Lipinski definition) is 7. The van der Waals surface area contributed by atoms with Crippen molar-refractivity contribution >= 4 is 43.1 Å². The number of aliphatic hydroxyl groups is 1. The predicted octanol–water partition coefficient (Wildman–Crippen LogP) is 6.92. The number of fused-ring (bicyclic) bond motifs is 4. The number of amides is 3. The number of para-hydroxylation sites is 2. The Hall–Kier alpha value is -4.55. The van der Waals surface area contributed by atoms with Gasteiger partial charge in [-0.25, -0.2) is 0 Å². The van der Waals surface area contributed by atoms with E-state index in [2.05, 4.69) is 32.9 Å². The fourth-order valence-electron chi connectivity index (χ4n) is 9.24. The lowest BCUT2D eigenvalue weighted by Gasteiger charge is -2.37. The molecule has 3 amide bonds. The van der Waals surface area contributed by atoms with Crippen LogP contribution >= 0.6 is 0 Å². The molecule has 0 bridgehead atoms. The molecule has 7 rings (SSSR count). The van der Waals surface area contributed by atoms with Gasteiger partial charge < -0.3 is 29.2 Å². The van der Waals surface area contributed by atoms with E-state index < -0.39 is 31.5 Å². The van der Waals surface area contributed by atoms with Crippen LogP contribution in [0.15, 0.2) is 90.0 Å². The minimum Gasteiger partial charge on any atom is -0.482 e. The standard InChI is InChI=1S/C44H53N3O7Si/c1-28(2)12-11-13-29(3)20-21-45-36-19-18-33(47-37-16-9-10-17-38(37)53-27-41(47)50)23-35(36)44(43(45)51)30(4)42(55(5,6)52)39(54-44)24-40(49)46-25-32-15-8-7-14-31(32)22-34(46)26-48/h7-10,12,14-20,23,30,34,39,42,48,52H,11,13,21-22,24-27H2,1-6H3/b29-20+/t30-,34-,39+,42-,44+/m0/s1. The minimum absolute atomic E-state index is 0.0482. The Labute approximate surface area is 325 Å². The van der Waals surface area contributed by atoms with Gasteiger partial charge in [0.2, 0.25) is 5.91 Å². The Morgan fingerprint density at radius 3 is 2.44 bits per heavy atom. The van der Waals surface area contributed by atoms with Gasteiger partial charge in [0.1, 0.15) is 5.75 Å². The molecule has 3 aromatic rings. The fourth-order valence-corrected chi connectivity index (χ4v) is 11.8. The van der Waals surface area contributed by atoms with Crippen LogP contribution in [0.2, 0.25) is 18.6 Å². The van der Waals surface area contributed by atoms with Crippen molar-refractivity contribution in [1.82, 2.24) is 4.90 Å². The molecule has 4 heterocycles. The maximum atomic E-state index is 15.2. The van der Waals surface area contributed by atoms with E-state index in [1.54, 1.807) is 14.7 Å². The second-order valence-corrected chi connectivity index (χ2v) is 20.3. The molecule has 0 aliphatic carbocycles. The number of carbonyl (C=O) groups excluding carboxylic acids is 3. The second-order valence-electron chi connectivity index (χ2n) is 16.4. The van der Waals surface area contributed by atoms with Crippen LogP contribution in [0.25, 0.3) is 0 Å². The zero-order chi connectivity index (χ0) is 39.2. The predicted molar refractivity (Wildman–Crippen MR) is 216 cm³/mol. The molecule has 0 unspecified atom stereocenters. The molecule has 11 heteroatoms. The van der Waals surface area contributed by atoms with E-state index in [1.165, 1.54) is 5.57 Å². The summed E-state index contributed by atoms with van der Waals surface area (Å²) in [5, 5.41) is 10.4. The monoisotopic (exact) mass is 763 g/mol. The molecular weight excluding hydrogens is 711 g/mol. The highest BCUT2D eigenvalue weighted by atomic mass is 28.4. The summed E-state index contributed by atoms with van der Waals surface area (Å²) in [4.78, 5) is 60.0. The van der Waals surface area contributed by atoms with E-state index in [1.807, 2.05) is 86.7 Å². The zero-order valence-corrected chi connectivity index (χ0v) is 33.7. The number of hydrogen-bond donors (Lipinski definition) is 2. The minimum atomic E-state index is -3.10. The van der Waals surface area contributed by atoms with Crippen molar-refractivity contribution in [2.24, 2.45) is 5.92 Å². The number of aliphatic hydroxyl groups excluding tert-OH is 1. The van der Waals surface area contributed by atoms with Crippen molar-refractivity contribution in [1.29, 1.82) is 0 Å². The van der Waals surface area contributed by atoms with Crippen LogP contribution in [-0.4, -0.2) is 72.7 Å². The summed E-state index contributed by atoms with van der Waals surface area (Å²) in [6, 6.07) is 20.6. The molecule has 0 aromatic heterocycles. The summed E-state index contributed by atoms with van der Waals surface area (Å²) in [6.45, 7) is 12.3. The van der Waals surface area contributed by atoms with Crippen LogP contribution in [0.4, 0.5) is 17.1 Å². The third-order valence-electron chi connectivity index (χ3n) is 11.9. The zero-order valence-electron chi connectivity index (χ0n) is 32.7. The van der Waals surface area contributed by atoms with Gasteiger partial charge in [-0.15, -0.1) is 0 Å². The molecule has 4 aliphatic rings. The Morgan fingerprint density at radius 2 is 1.71 bits per heavy atom. The van der Waals surface area contributed by atoms with E-state index in [4.69, 9.17) is 9.47 Å². The number of allylic oxidation sites excluding steroid dienone is 3. The summed E-state index contributed by atoms with van der Waals surface area (Å²) in [5.74, 6) is -0.590. The van der Waals surface area contributed by atoms with E-state index in [0.29, 0.717) is 47.9 Å². The Kier molecular flexibility index (Phi) is 10.7. The normalized spacial score (nSPS) is 24.8. The van der Waals surface area contributed by atoms with Crippen LogP contribution in [0, 0.1) is 5.92 Å². The molecular formula is C44H53N3O7Si. The van der Waals surface area contributed by atoms with E-state index >= 15 is 4.79 Å². The highest BCUT2D eigenvalue weighted by Gasteiger charge is 2.66. The smallest absolute Gasteiger partial charge is 0.269 e. The Bertz CT molecular complexity index is 2050. The molecule has 0 saturated carbocycles. The first-order chi connectivity index (χ1) is 26.2. The largest absolute Gasteiger partial charge is 0.482 e. The van der Waals surface area contributed by atoms with Crippen LogP contribution in [-0.2, 0) is 37.7 Å². The molecule has 3 aromatic carbocycles. The Morgan fingerprint density at radius 1 is 0.982 bits per heavy atom. The molecule has 0 radical (unpaired) electrons. The second kappa shape index (κ2) is 15.2. The first-order valence-electron chi connectivity index (χ1n) is 19.4. The van der Waals surface area contributed by atoms with Gasteiger partial charge >= 0.3 is 0 Å². The quantitative estimate of drug-likeness (QED) is 0.170. The topological polar surface area (TPSA) is 120 Å². The van der Waals surface area contributed by atoms with Gasteiger partial charge in [0.05, 0.1) is 36.5 Å². The number of nitrogens with zero attached hydrogens (tertiary/aromatic N) is 3. The van der Waals surface area contributed by atoms with Crippen molar-refractivity contribution in [3.8, 4) is 5.75 Å². The molecule has 1 saturated heterocycles. The maximum Gasteiger partial charge on any atom is 0.269 e. The summed E-state index contributed by atoms with van der Waals surface area (Å²) in [5.41, 5.74) is 5.06. The number of rotatable bonds is 10. The van der Waals surface area contributed by atoms with Gasteiger partial charge in [-0.05, 0) is 94.6 Å². The Balaban J connectivity index is 1.29. The summed E-state index contributed by atoms with van der Waals surface area (Å²) < 4.78 is 12.8. The molecule has 10 nitrogen and oxygen atoms in total. The molecule has 1 spiro atoms. The molecule has 4 aliphatic heterocycles. The van der Waals surface area contributed by atoms with Crippen LogP contribution in [0.5, 0.6) is 5.75 Å². The van der Waals surface area contributed by atoms with Crippen molar-refractivity contribution in [3.63, 3.8) is 0 Å². The van der Waals surface area contributed by atoms with Gasteiger partial charge in [-0.1, -0.05) is 66.6 Å². The van der Waals surface area contributed by atoms with Crippen molar-refractivity contribution < 1.29 is 33.8 Å². The number of benzene rings is 3. The van der Waals surface area contributed by atoms with Crippen molar-refractivity contribution in [3.05, 3.63) is 107 Å². The molecule has 55 heavy (non-hydrogen) atoms. The number of anilines is 3. The van der Waals surface area contributed by atoms with E-state index in [9.17, 15) is 19.5 Å². The van der Waals surface area contributed by atoms with Crippen LogP contribution in [0.1, 0.15) is 63.6 Å². The average Bonchev–Trinajstić information content (AvgIpc) is 3.58. The number of ether oxygens (including phenoxy) is 2. The lowest BCUT2D eigenvalue weighted by atomic mass is 9.82. The van der Waals surface area contributed by atoms with Crippen LogP contribution < -0.4 is 14.5 Å². The highest BCUT2D eigenvalue weighted by molar-refractivity contribution is 6.71. The molecule has 290 valence electrons. The third-order valence-corrected chi connectivity index (χ3v) is 14.4. The average molecular weight is 764 g/mol.